The lowest BCUT2D eigenvalue weighted by molar-refractivity contribution is -0.140. The number of fused-ring (bicyclic) bond motifs is 4. The molecular formula is C20H29N3O2. The molecule has 1 amide bonds. The van der Waals surface area contributed by atoms with E-state index in [0.29, 0.717) is 23.8 Å². The zero-order valence-electron chi connectivity index (χ0n) is 15.4. The first-order chi connectivity index (χ1) is 12.0. The highest BCUT2D eigenvalue weighted by Gasteiger charge is 2.38. The number of carbonyl (C=O) groups is 1. The molecule has 1 aromatic heterocycles. The van der Waals surface area contributed by atoms with Gasteiger partial charge in [-0.15, -0.1) is 0 Å². The van der Waals surface area contributed by atoms with Gasteiger partial charge in [-0.2, -0.15) is 0 Å². The van der Waals surface area contributed by atoms with Crippen LogP contribution >= 0.6 is 0 Å². The van der Waals surface area contributed by atoms with Crippen molar-refractivity contribution in [3.05, 3.63) is 34.2 Å². The van der Waals surface area contributed by atoms with Gasteiger partial charge in [0.1, 0.15) is 0 Å². The number of pyridine rings is 1. The molecule has 136 valence electrons. The van der Waals surface area contributed by atoms with Crippen LogP contribution in [-0.2, 0) is 11.3 Å². The van der Waals surface area contributed by atoms with E-state index in [2.05, 4.69) is 29.7 Å². The van der Waals surface area contributed by atoms with E-state index in [1.165, 1.54) is 0 Å². The van der Waals surface area contributed by atoms with E-state index in [-0.39, 0.29) is 11.5 Å². The molecule has 3 aliphatic heterocycles. The van der Waals surface area contributed by atoms with E-state index in [4.69, 9.17) is 0 Å². The minimum absolute atomic E-state index is 0.105. The zero-order chi connectivity index (χ0) is 17.6. The predicted molar refractivity (Wildman–Crippen MR) is 97.6 cm³/mol. The van der Waals surface area contributed by atoms with Crippen LogP contribution in [0.4, 0.5) is 0 Å². The molecule has 1 aromatic rings. The summed E-state index contributed by atoms with van der Waals surface area (Å²) >= 11 is 0. The highest BCUT2D eigenvalue weighted by atomic mass is 16.2. The monoisotopic (exact) mass is 343 g/mol. The molecule has 2 unspecified atom stereocenters. The van der Waals surface area contributed by atoms with Crippen molar-refractivity contribution in [1.29, 1.82) is 0 Å². The molecule has 2 atom stereocenters. The fourth-order valence-electron chi connectivity index (χ4n) is 5.00. The molecule has 0 aromatic carbocycles. The number of piperidine rings is 2. The maximum Gasteiger partial charge on any atom is 0.250 e. The molecule has 0 saturated carbocycles. The number of carbonyl (C=O) groups excluding carboxylic acids is 1. The predicted octanol–water partition coefficient (Wildman–Crippen LogP) is 1.91. The molecule has 2 bridgehead atoms. The Balaban J connectivity index is 1.46. The van der Waals surface area contributed by atoms with Crippen molar-refractivity contribution >= 4 is 5.91 Å². The number of likely N-dealkylation sites (tertiary alicyclic amines) is 2. The summed E-state index contributed by atoms with van der Waals surface area (Å²) in [5.41, 5.74) is 1.23. The SMILES string of the molecule is CC(C)N1CCC(C(=O)N2CC3CC(C2)c2cccc(=O)n2C3)CC1. The Morgan fingerprint density at radius 1 is 1.12 bits per heavy atom. The molecule has 0 spiro atoms. The Morgan fingerprint density at radius 3 is 2.60 bits per heavy atom. The number of aromatic nitrogens is 1. The molecule has 4 heterocycles. The van der Waals surface area contributed by atoms with E-state index < -0.39 is 0 Å². The van der Waals surface area contributed by atoms with Gasteiger partial charge in [0, 0.05) is 49.3 Å². The van der Waals surface area contributed by atoms with Gasteiger partial charge in [-0.25, -0.2) is 0 Å². The van der Waals surface area contributed by atoms with Gasteiger partial charge in [-0.3, -0.25) is 9.59 Å². The molecule has 5 heteroatoms. The normalized spacial score (nSPS) is 27.4. The number of amides is 1. The van der Waals surface area contributed by atoms with Crippen LogP contribution in [0.2, 0.25) is 0 Å². The summed E-state index contributed by atoms with van der Waals surface area (Å²) < 4.78 is 1.93. The third-order valence-corrected chi connectivity index (χ3v) is 6.40. The largest absolute Gasteiger partial charge is 0.341 e. The summed E-state index contributed by atoms with van der Waals surface area (Å²) in [5, 5.41) is 0. The molecule has 2 fully saturated rings. The van der Waals surface area contributed by atoms with E-state index in [0.717, 1.165) is 57.7 Å². The minimum atomic E-state index is 0.105. The van der Waals surface area contributed by atoms with Gasteiger partial charge in [0.15, 0.2) is 0 Å². The van der Waals surface area contributed by atoms with Crippen LogP contribution in [0.5, 0.6) is 0 Å². The standard InChI is InChI=1S/C20H29N3O2/c1-14(2)21-8-6-16(7-9-21)20(25)22-11-15-10-17(13-22)18-4-3-5-19(24)23(18)12-15/h3-5,14-17H,6-13H2,1-2H3. The molecule has 2 saturated heterocycles. The van der Waals surface area contributed by atoms with Crippen LogP contribution < -0.4 is 5.56 Å². The first-order valence-electron chi connectivity index (χ1n) is 9.75. The molecule has 3 aliphatic rings. The van der Waals surface area contributed by atoms with E-state index >= 15 is 0 Å². The molecule has 0 N–H and O–H groups in total. The average Bonchev–Trinajstić information content (AvgIpc) is 2.62. The third kappa shape index (κ3) is 3.14. The second kappa shape index (κ2) is 6.60. The van der Waals surface area contributed by atoms with Crippen molar-refractivity contribution < 1.29 is 4.79 Å². The van der Waals surface area contributed by atoms with Crippen molar-refractivity contribution in [1.82, 2.24) is 14.4 Å². The Labute approximate surface area is 149 Å². The number of rotatable bonds is 2. The summed E-state index contributed by atoms with van der Waals surface area (Å²) in [6, 6.07) is 6.14. The van der Waals surface area contributed by atoms with Gasteiger partial charge in [0.05, 0.1) is 0 Å². The van der Waals surface area contributed by atoms with Crippen molar-refractivity contribution in [2.45, 2.75) is 51.6 Å². The molecule has 25 heavy (non-hydrogen) atoms. The number of hydrogen-bond acceptors (Lipinski definition) is 3. The summed E-state index contributed by atoms with van der Waals surface area (Å²) in [4.78, 5) is 29.8. The van der Waals surface area contributed by atoms with E-state index in [9.17, 15) is 9.59 Å². The van der Waals surface area contributed by atoms with Gasteiger partial charge < -0.3 is 14.4 Å². The average molecular weight is 343 g/mol. The van der Waals surface area contributed by atoms with Crippen molar-refractivity contribution in [3.8, 4) is 0 Å². The van der Waals surface area contributed by atoms with Crippen molar-refractivity contribution in [2.75, 3.05) is 26.2 Å². The fraction of sp³-hybridized carbons (Fsp3) is 0.700. The Morgan fingerprint density at radius 2 is 1.88 bits per heavy atom. The topological polar surface area (TPSA) is 45.6 Å². The highest BCUT2D eigenvalue weighted by Crippen LogP contribution is 2.36. The minimum Gasteiger partial charge on any atom is -0.341 e. The van der Waals surface area contributed by atoms with Gasteiger partial charge in [-0.05, 0) is 58.2 Å². The molecule has 5 nitrogen and oxygen atoms in total. The zero-order valence-corrected chi connectivity index (χ0v) is 15.4. The third-order valence-electron chi connectivity index (χ3n) is 6.40. The maximum atomic E-state index is 13.1. The van der Waals surface area contributed by atoms with Crippen LogP contribution in [0.3, 0.4) is 0 Å². The van der Waals surface area contributed by atoms with Gasteiger partial charge in [-0.1, -0.05) is 6.07 Å². The lowest BCUT2D eigenvalue weighted by Gasteiger charge is -2.44. The maximum absolute atomic E-state index is 13.1. The number of hydrogen-bond donors (Lipinski definition) is 0. The van der Waals surface area contributed by atoms with E-state index in [1.807, 2.05) is 10.6 Å². The molecule has 0 radical (unpaired) electrons. The summed E-state index contributed by atoms with van der Waals surface area (Å²) in [5.74, 6) is 1.28. The van der Waals surface area contributed by atoms with Gasteiger partial charge >= 0.3 is 0 Å². The van der Waals surface area contributed by atoms with Crippen LogP contribution in [0.15, 0.2) is 23.0 Å². The summed E-state index contributed by atoms with van der Waals surface area (Å²) in [6.45, 7) is 8.89. The molecule has 0 aliphatic carbocycles. The molecule has 4 rings (SSSR count). The lowest BCUT2D eigenvalue weighted by atomic mass is 9.82. The van der Waals surface area contributed by atoms with Crippen molar-refractivity contribution in [3.63, 3.8) is 0 Å². The Bertz CT molecular complexity index is 703. The fourth-order valence-corrected chi connectivity index (χ4v) is 5.00. The molecular weight excluding hydrogens is 314 g/mol. The van der Waals surface area contributed by atoms with Crippen LogP contribution in [0.25, 0.3) is 0 Å². The Hall–Kier alpha value is -1.62. The van der Waals surface area contributed by atoms with Gasteiger partial charge in [0.2, 0.25) is 5.91 Å². The van der Waals surface area contributed by atoms with Crippen LogP contribution in [0, 0.1) is 11.8 Å². The summed E-state index contributed by atoms with van der Waals surface area (Å²) in [7, 11) is 0. The first kappa shape index (κ1) is 16.8. The number of nitrogens with zero attached hydrogens (tertiary/aromatic N) is 3. The quantitative estimate of drug-likeness (QED) is 0.824. The van der Waals surface area contributed by atoms with E-state index in [1.54, 1.807) is 6.07 Å². The second-order valence-corrected chi connectivity index (χ2v) is 8.35. The second-order valence-electron chi connectivity index (χ2n) is 8.35. The van der Waals surface area contributed by atoms with Crippen LogP contribution in [-0.4, -0.2) is 52.5 Å². The first-order valence-corrected chi connectivity index (χ1v) is 9.75. The van der Waals surface area contributed by atoms with Crippen LogP contribution in [0.1, 0.15) is 44.7 Å². The Kier molecular flexibility index (Phi) is 4.44. The lowest BCUT2D eigenvalue weighted by Crippen LogP contribution is -2.52. The smallest absolute Gasteiger partial charge is 0.250 e. The highest BCUT2D eigenvalue weighted by molar-refractivity contribution is 5.79. The van der Waals surface area contributed by atoms with Crippen molar-refractivity contribution in [2.24, 2.45) is 11.8 Å². The summed E-state index contributed by atoms with van der Waals surface area (Å²) in [6.07, 6.45) is 3.08. The van der Waals surface area contributed by atoms with Gasteiger partial charge in [0.25, 0.3) is 5.56 Å².